The first-order valence-corrected chi connectivity index (χ1v) is 7.60. The van der Waals surface area contributed by atoms with Gasteiger partial charge in [0.15, 0.2) is 0 Å². The van der Waals surface area contributed by atoms with Gasteiger partial charge in [0.05, 0.1) is 11.4 Å². The molecule has 0 aliphatic rings. The van der Waals surface area contributed by atoms with Crippen molar-refractivity contribution < 1.29 is 14.0 Å². The minimum atomic E-state index is -0.313. The Bertz CT molecular complexity index is 684. The van der Waals surface area contributed by atoms with Gasteiger partial charge < -0.3 is 10.2 Å². The third-order valence-electron chi connectivity index (χ3n) is 3.04. The molecule has 0 bridgehead atoms. The molecule has 1 heterocycles. The average molecular weight is 320 g/mol. The lowest BCUT2D eigenvalue weighted by atomic mass is 10.2. The number of benzene rings is 1. The molecule has 1 aromatic heterocycles. The molecule has 0 fully saturated rings. The Kier molecular flexibility index (Phi) is 5.27. The fourth-order valence-corrected chi connectivity index (χ4v) is 2.91. The molecule has 0 aliphatic heterocycles. The van der Waals surface area contributed by atoms with Crippen molar-refractivity contribution in [1.82, 2.24) is 10.2 Å². The molecule has 2 amide bonds. The van der Waals surface area contributed by atoms with Crippen LogP contribution in [0.3, 0.4) is 0 Å². The van der Waals surface area contributed by atoms with Gasteiger partial charge in [-0.2, -0.15) is 0 Å². The van der Waals surface area contributed by atoms with E-state index in [-0.39, 0.29) is 17.6 Å². The lowest BCUT2D eigenvalue weighted by Crippen LogP contribution is -2.25. The number of nitrogens with one attached hydrogen (secondary N) is 1. The van der Waals surface area contributed by atoms with Crippen LogP contribution >= 0.6 is 11.3 Å². The predicted molar refractivity (Wildman–Crippen MR) is 84.0 cm³/mol. The molecule has 4 nitrogen and oxygen atoms in total. The van der Waals surface area contributed by atoms with Crippen molar-refractivity contribution in [1.29, 1.82) is 0 Å². The van der Waals surface area contributed by atoms with Gasteiger partial charge in [0, 0.05) is 25.4 Å². The molecule has 2 aromatic rings. The summed E-state index contributed by atoms with van der Waals surface area (Å²) in [7, 11) is 1.68. The smallest absolute Gasteiger partial charge is 0.263 e. The van der Waals surface area contributed by atoms with Crippen LogP contribution < -0.4 is 5.32 Å². The summed E-state index contributed by atoms with van der Waals surface area (Å²) in [6, 6.07) is 9.76. The first-order chi connectivity index (χ1) is 10.5. The maximum atomic E-state index is 13.2. The number of thiophene rings is 1. The summed E-state index contributed by atoms with van der Waals surface area (Å²) in [6.45, 7) is 2.21. The molecule has 0 atom stereocenters. The summed E-state index contributed by atoms with van der Waals surface area (Å²) in [6.07, 6.45) is 0. The molecule has 0 saturated heterocycles. The van der Waals surface area contributed by atoms with Crippen LogP contribution in [0, 0.1) is 5.82 Å². The number of amides is 2. The topological polar surface area (TPSA) is 49.4 Å². The number of hydrogen-bond donors (Lipinski definition) is 1. The lowest BCUT2D eigenvalue weighted by molar-refractivity contribution is -0.119. The normalized spacial score (nSPS) is 10.3. The van der Waals surface area contributed by atoms with Gasteiger partial charge >= 0.3 is 0 Å². The van der Waals surface area contributed by atoms with E-state index in [9.17, 15) is 14.0 Å². The van der Waals surface area contributed by atoms with Crippen molar-refractivity contribution in [2.45, 2.75) is 20.0 Å². The Morgan fingerprint density at radius 2 is 2.05 bits per heavy atom. The van der Waals surface area contributed by atoms with E-state index in [1.807, 2.05) is 6.07 Å². The van der Waals surface area contributed by atoms with Gasteiger partial charge in [0.25, 0.3) is 5.91 Å². The maximum Gasteiger partial charge on any atom is 0.263 e. The first-order valence-electron chi connectivity index (χ1n) is 6.79. The maximum absolute atomic E-state index is 13.2. The van der Waals surface area contributed by atoms with Crippen LogP contribution in [0.1, 0.15) is 27.0 Å². The van der Waals surface area contributed by atoms with Crippen LogP contribution in [-0.2, 0) is 17.9 Å². The highest BCUT2D eigenvalue weighted by Gasteiger charge is 2.15. The van der Waals surface area contributed by atoms with Gasteiger partial charge in [-0.25, -0.2) is 4.39 Å². The molecular weight excluding hydrogens is 303 g/mol. The van der Waals surface area contributed by atoms with Crippen molar-refractivity contribution in [3.8, 4) is 0 Å². The summed E-state index contributed by atoms with van der Waals surface area (Å²) in [5.41, 5.74) is 0.742. The van der Waals surface area contributed by atoms with E-state index in [0.29, 0.717) is 18.0 Å². The van der Waals surface area contributed by atoms with Gasteiger partial charge in [-0.1, -0.05) is 12.1 Å². The molecule has 22 heavy (non-hydrogen) atoms. The highest BCUT2D eigenvalue weighted by Crippen LogP contribution is 2.19. The first kappa shape index (κ1) is 16.2. The highest BCUT2D eigenvalue weighted by molar-refractivity contribution is 7.14. The van der Waals surface area contributed by atoms with Crippen molar-refractivity contribution >= 4 is 23.2 Å². The minimum Gasteiger partial charge on any atom is -0.351 e. The molecule has 6 heteroatoms. The Morgan fingerprint density at radius 1 is 1.27 bits per heavy atom. The van der Waals surface area contributed by atoms with E-state index < -0.39 is 0 Å². The van der Waals surface area contributed by atoms with Crippen LogP contribution in [0.2, 0.25) is 0 Å². The third kappa shape index (κ3) is 4.39. The zero-order valence-corrected chi connectivity index (χ0v) is 13.2. The second-order valence-electron chi connectivity index (χ2n) is 4.97. The van der Waals surface area contributed by atoms with Crippen LogP contribution in [-0.4, -0.2) is 23.8 Å². The summed E-state index contributed by atoms with van der Waals surface area (Å²) in [5, 5.41) is 2.69. The summed E-state index contributed by atoms with van der Waals surface area (Å²) in [4.78, 5) is 26.3. The van der Waals surface area contributed by atoms with Gasteiger partial charge in [-0.15, -0.1) is 11.3 Å². The number of hydrogen-bond acceptors (Lipinski definition) is 3. The second-order valence-corrected chi connectivity index (χ2v) is 6.14. The van der Waals surface area contributed by atoms with E-state index >= 15 is 0 Å². The molecule has 1 aromatic carbocycles. The molecule has 0 spiro atoms. The Morgan fingerprint density at radius 3 is 2.73 bits per heavy atom. The average Bonchev–Trinajstić information content (AvgIpc) is 2.93. The Hall–Kier alpha value is -2.21. The van der Waals surface area contributed by atoms with E-state index in [1.54, 1.807) is 30.1 Å². The van der Waals surface area contributed by atoms with Crippen molar-refractivity contribution in [2.24, 2.45) is 0 Å². The number of halogens is 1. The molecule has 0 unspecified atom stereocenters. The highest BCUT2D eigenvalue weighted by atomic mass is 32.1. The molecule has 2 rings (SSSR count). The third-order valence-corrected chi connectivity index (χ3v) is 4.11. The predicted octanol–water partition coefficient (Wildman–Crippen LogP) is 2.80. The van der Waals surface area contributed by atoms with Gasteiger partial charge in [0.1, 0.15) is 5.82 Å². The quantitative estimate of drug-likeness (QED) is 0.921. The van der Waals surface area contributed by atoms with Crippen LogP contribution in [0.5, 0.6) is 0 Å². The summed E-state index contributed by atoms with van der Waals surface area (Å²) >= 11 is 1.35. The van der Waals surface area contributed by atoms with Crippen LogP contribution in [0.4, 0.5) is 4.39 Å². The molecule has 0 saturated carbocycles. The van der Waals surface area contributed by atoms with Crippen LogP contribution in [0.25, 0.3) is 0 Å². The fraction of sp³-hybridized carbons (Fsp3) is 0.250. The SMILES string of the molecule is CC(=O)NCc1ccc(C(=O)N(C)Cc2cccc(F)c2)s1. The molecule has 116 valence electrons. The minimum absolute atomic E-state index is 0.107. The molecule has 0 aliphatic carbocycles. The number of rotatable bonds is 5. The zero-order valence-electron chi connectivity index (χ0n) is 12.4. The summed E-state index contributed by atoms with van der Waals surface area (Å²) < 4.78 is 13.2. The van der Waals surface area contributed by atoms with Crippen molar-refractivity contribution in [3.63, 3.8) is 0 Å². The van der Waals surface area contributed by atoms with Crippen LogP contribution in [0.15, 0.2) is 36.4 Å². The Balaban J connectivity index is 1.99. The van der Waals surface area contributed by atoms with Crippen molar-refractivity contribution in [2.75, 3.05) is 7.05 Å². The Labute approximate surface area is 132 Å². The fourth-order valence-electron chi connectivity index (χ4n) is 1.97. The second kappa shape index (κ2) is 7.17. The van der Waals surface area contributed by atoms with E-state index in [1.165, 1.54) is 30.4 Å². The summed E-state index contributed by atoms with van der Waals surface area (Å²) in [5.74, 6) is -0.542. The number of carbonyl (C=O) groups is 2. The number of carbonyl (C=O) groups excluding carboxylic acids is 2. The molecule has 0 radical (unpaired) electrons. The standard InChI is InChI=1S/C16H17FN2O2S/c1-11(20)18-9-14-6-7-15(22-14)16(21)19(2)10-12-4-3-5-13(17)8-12/h3-8H,9-10H2,1-2H3,(H,18,20). The van der Waals surface area contributed by atoms with Gasteiger partial charge in [0.2, 0.25) is 5.91 Å². The van der Waals surface area contributed by atoms with E-state index in [4.69, 9.17) is 0 Å². The monoisotopic (exact) mass is 320 g/mol. The molecular formula is C16H17FN2O2S. The number of nitrogens with zero attached hydrogens (tertiary/aromatic N) is 1. The van der Waals surface area contributed by atoms with Crippen molar-refractivity contribution in [3.05, 3.63) is 57.5 Å². The largest absolute Gasteiger partial charge is 0.351 e. The van der Waals surface area contributed by atoms with Gasteiger partial charge in [-0.05, 0) is 29.8 Å². The molecule has 1 N–H and O–H groups in total. The van der Waals surface area contributed by atoms with E-state index in [0.717, 1.165) is 10.4 Å². The lowest BCUT2D eigenvalue weighted by Gasteiger charge is -2.16. The van der Waals surface area contributed by atoms with E-state index in [2.05, 4.69) is 5.32 Å². The van der Waals surface area contributed by atoms with Gasteiger partial charge in [-0.3, -0.25) is 9.59 Å². The zero-order chi connectivity index (χ0) is 16.1.